The van der Waals surface area contributed by atoms with E-state index in [2.05, 4.69) is 9.72 Å². The average Bonchev–Trinajstić information content (AvgIpc) is 3.04. The minimum atomic E-state index is -2.85. The van der Waals surface area contributed by atoms with E-state index in [0.717, 1.165) is 41.8 Å². The summed E-state index contributed by atoms with van der Waals surface area (Å²) in [6, 6.07) is 6.59. The van der Waals surface area contributed by atoms with Crippen molar-refractivity contribution in [1.29, 1.82) is 0 Å². The number of benzene rings is 1. The molecule has 4 rings (SSSR count). The molecule has 3 heterocycles. The normalized spacial score (nSPS) is 16.5. The van der Waals surface area contributed by atoms with Crippen molar-refractivity contribution in [2.24, 2.45) is 0 Å². The van der Waals surface area contributed by atoms with E-state index in [1.165, 1.54) is 6.07 Å². The Morgan fingerprint density at radius 1 is 1.24 bits per heavy atom. The van der Waals surface area contributed by atoms with E-state index < -0.39 is 6.61 Å². The van der Waals surface area contributed by atoms with E-state index in [-0.39, 0.29) is 11.7 Å². The third-order valence-corrected chi connectivity index (χ3v) is 4.62. The Labute approximate surface area is 143 Å². The molecular formula is C18H18F2N2O3. The maximum Gasteiger partial charge on any atom is 0.387 e. The molecule has 1 aromatic heterocycles. The van der Waals surface area contributed by atoms with Crippen LogP contribution in [0.15, 0.2) is 24.3 Å². The van der Waals surface area contributed by atoms with Crippen LogP contribution in [-0.2, 0) is 24.2 Å². The molecule has 0 aliphatic carbocycles. The quantitative estimate of drug-likeness (QED) is 0.926. The monoisotopic (exact) mass is 348 g/mol. The van der Waals surface area contributed by atoms with E-state index in [4.69, 9.17) is 4.74 Å². The molecule has 2 aliphatic heterocycles. The van der Waals surface area contributed by atoms with Crippen LogP contribution in [-0.4, -0.2) is 30.7 Å². The van der Waals surface area contributed by atoms with Crippen LogP contribution in [0.4, 0.5) is 14.5 Å². The maximum absolute atomic E-state index is 12.9. The van der Waals surface area contributed by atoms with Gasteiger partial charge in [-0.1, -0.05) is 0 Å². The van der Waals surface area contributed by atoms with Crippen molar-refractivity contribution in [1.82, 2.24) is 4.98 Å². The van der Waals surface area contributed by atoms with Gasteiger partial charge in [-0.15, -0.1) is 0 Å². The van der Waals surface area contributed by atoms with Crippen molar-refractivity contribution in [3.63, 3.8) is 0 Å². The van der Waals surface area contributed by atoms with Gasteiger partial charge in [-0.05, 0) is 48.2 Å². The van der Waals surface area contributed by atoms with Gasteiger partial charge >= 0.3 is 6.61 Å². The lowest BCUT2D eigenvalue weighted by atomic mass is 10.0. The lowest BCUT2D eigenvalue weighted by Crippen LogP contribution is -2.35. The van der Waals surface area contributed by atoms with Crippen molar-refractivity contribution in [3.05, 3.63) is 46.8 Å². The first kappa shape index (κ1) is 16.1. The summed E-state index contributed by atoms with van der Waals surface area (Å²) < 4.78 is 34.7. The van der Waals surface area contributed by atoms with Gasteiger partial charge < -0.3 is 19.4 Å². The zero-order valence-electron chi connectivity index (χ0n) is 13.6. The fraction of sp³-hybridized carbons (Fsp3) is 0.389. The molecule has 2 aliphatic rings. The number of nitrogens with zero attached hydrogens (tertiary/aromatic N) is 1. The van der Waals surface area contributed by atoms with Crippen molar-refractivity contribution in [2.45, 2.75) is 32.5 Å². The van der Waals surface area contributed by atoms with E-state index in [9.17, 15) is 13.6 Å². The minimum Gasteiger partial charge on any atom is -0.435 e. The van der Waals surface area contributed by atoms with Crippen molar-refractivity contribution in [3.8, 4) is 5.75 Å². The highest BCUT2D eigenvalue weighted by Crippen LogP contribution is 2.32. The summed E-state index contributed by atoms with van der Waals surface area (Å²) in [5.74, 6) is 0.00779. The van der Waals surface area contributed by atoms with Crippen molar-refractivity contribution in [2.75, 3.05) is 18.1 Å². The molecule has 25 heavy (non-hydrogen) atoms. The molecule has 1 amide bonds. The first-order valence-electron chi connectivity index (χ1n) is 8.30. The van der Waals surface area contributed by atoms with Gasteiger partial charge in [-0.25, -0.2) is 0 Å². The molecule has 0 fully saturated rings. The summed E-state index contributed by atoms with van der Waals surface area (Å²) in [6.45, 7) is -1.09. The molecule has 132 valence electrons. The number of aromatic amines is 1. The molecular weight excluding hydrogens is 330 g/mol. The highest BCUT2D eigenvalue weighted by atomic mass is 19.3. The summed E-state index contributed by atoms with van der Waals surface area (Å²) in [5.41, 5.74) is 4.20. The molecule has 0 bridgehead atoms. The van der Waals surface area contributed by atoms with Gasteiger partial charge in [0.25, 0.3) is 5.91 Å². The number of hydrogen-bond donors (Lipinski definition) is 1. The van der Waals surface area contributed by atoms with E-state index in [0.29, 0.717) is 25.5 Å². The number of H-pyrrole nitrogens is 1. The second-order valence-electron chi connectivity index (χ2n) is 6.22. The molecule has 0 spiro atoms. The summed E-state index contributed by atoms with van der Waals surface area (Å²) in [4.78, 5) is 17.8. The SMILES string of the molecule is O=C(c1cc2c([nH]1)CCOC2)N1CCCc2cc(OC(F)F)ccc21. The van der Waals surface area contributed by atoms with Crippen molar-refractivity contribution < 1.29 is 23.0 Å². The number of halogens is 2. The Morgan fingerprint density at radius 2 is 2.12 bits per heavy atom. The number of anilines is 1. The third kappa shape index (κ3) is 3.11. The first-order valence-corrected chi connectivity index (χ1v) is 8.30. The predicted molar refractivity (Wildman–Crippen MR) is 87.2 cm³/mol. The number of fused-ring (bicyclic) bond motifs is 2. The number of ether oxygens (including phenoxy) is 2. The maximum atomic E-state index is 12.9. The molecule has 0 atom stereocenters. The van der Waals surface area contributed by atoms with Crippen molar-refractivity contribution >= 4 is 11.6 Å². The second kappa shape index (κ2) is 6.48. The summed E-state index contributed by atoms with van der Waals surface area (Å²) in [6.07, 6.45) is 2.28. The number of amides is 1. The van der Waals surface area contributed by atoms with Gasteiger partial charge in [0, 0.05) is 24.3 Å². The Bertz CT molecular complexity index is 780. The van der Waals surface area contributed by atoms with Crippen LogP contribution in [0.5, 0.6) is 5.75 Å². The van der Waals surface area contributed by atoms with Gasteiger partial charge in [0.2, 0.25) is 0 Å². The number of carbonyl (C=O) groups is 1. The molecule has 0 radical (unpaired) electrons. The fourth-order valence-corrected chi connectivity index (χ4v) is 3.47. The van der Waals surface area contributed by atoms with Gasteiger partial charge in [-0.3, -0.25) is 4.79 Å². The van der Waals surface area contributed by atoms with Crippen LogP contribution in [0.3, 0.4) is 0 Å². The van der Waals surface area contributed by atoms with E-state index in [1.54, 1.807) is 17.0 Å². The van der Waals surface area contributed by atoms with E-state index in [1.807, 2.05) is 6.07 Å². The topological polar surface area (TPSA) is 54.6 Å². The summed E-state index contributed by atoms with van der Waals surface area (Å²) >= 11 is 0. The standard InChI is InChI=1S/C18H18F2N2O3/c19-18(20)25-13-3-4-16-11(8-13)2-1-6-22(16)17(23)15-9-12-10-24-7-5-14(12)21-15/h3-4,8-9,18,21H,1-2,5-7,10H2. The molecule has 5 nitrogen and oxygen atoms in total. The van der Waals surface area contributed by atoms with Gasteiger partial charge in [-0.2, -0.15) is 8.78 Å². The molecule has 1 aromatic carbocycles. The van der Waals surface area contributed by atoms with Gasteiger partial charge in [0.1, 0.15) is 11.4 Å². The molecule has 2 aromatic rings. The number of rotatable bonds is 3. The molecule has 0 saturated carbocycles. The second-order valence-corrected chi connectivity index (χ2v) is 6.22. The number of aromatic nitrogens is 1. The van der Waals surface area contributed by atoms with E-state index >= 15 is 0 Å². The fourth-order valence-electron chi connectivity index (χ4n) is 3.47. The first-order chi connectivity index (χ1) is 12.1. The Balaban J connectivity index is 1.61. The number of hydrogen-bond acceptors (Lipinski definition) is 3. The summed E-state index contributed by atoms with van der Waals surface area (Å²) in [7, 11) is 0. The third-order valence-electron chi connectivity index (χ3n) is 4.62. The lowest BCUT2D eigenvalue weighted by molar-refractivity contribution is -0.0498. The largest absolute Gasteiger partial charge is 0.435 e. The Kier molecular flexibility index (Phi) is 4.17. The number of alkyl halides is 2. The van der Waals surface area contributed by atoms with Crippen LogP contribution in [0.25, 0.3) is 0 Å². The number of carbonyl (C=O) groups excluding carboxylic acids is 1. The minimum absolute atomic E-state index is 0.113. The van der Waals surface area contributed by atoms with Gasteiger partial charge in [0.05, 0.1) is 13.2 Å². The molecule has 0 unspecified atom stereocenters. The average molecular weight is 348 g/mol. The Morgan fingerprint density at radius 3 is 2.92 bits per heavy atom. The highest BCUT2D eigenvalue weighted by Gasteiger charge is 2.26. The molecule has 7 heteroatoms. The zero-order valence-corrected chi connectivity index (χ0v) is 13.6. The smallest absolute Gasteiger partial charge is 0.387 e. The number of aryl methyl sites for hydroxylation is 1. The van der Waals surface area contributed by atoms with Gasteiger partial charge in [0.15, 0.2) is 0 Å². The number of nitrogens with one attached hydrogen (secondary N) is 1. The predicted octanol–water partition coefficient (Wildman–Crippen LogP) is 3.28. The van der Waals surface area contributed by atoms with Crippen LogP contribution in [0, 0.1) is 0 Å². The molecule has 1 N–H and O–H groups in total. The van der Waals surface area contributed by atoms with Crippen LogP contribution in [0.2, 0.25) is 0 Å². The highest BCUT2D eigenvalue weighted by molar-refractivity contribution is 6.05. The Hall–Kier alpha value is -2.41. The molecule has 0 saturated heterocycles. The van der Waals surface area contributed by atoms with Crippen LogP contribution >= 0.6 is 0 Å². The zero-order chi connectivity index (χ0) is 17.4. The lowest BCUT2D eigenvalue weighted by Gasteiger charge is -2.29. The van der Waals surface area contributed by atoms with Crippen LogP contribution < -0.4 is 9.64 Å². The summed E-state index contributed by atoms with van der Waals surface area (Å²) in [5, 5.41) is 0. The van der Waals surface area contributed by atoms with Crippen LogP contribution in [0.1, 0.15) is 33.7 Å².